The molecule has 0 fully saturated rings. The summed E-state index contributed by atoms with van der Waals surface area (Å²) in [5.41, 5.74) is 0. The van der Waals surface area contributed by atoms with Gasteiger partial charge in [-0.2, -0.15) is 0 Å². The number of hydrogen-bond donors (Lipinski definition) is 0. The Morgan fingerprint density at radius 1 is 0.913 bits per heavy atom. The SMILES string of the molecule is O=P([O-])([O-])CP(=O)(Oc1ccccc1)Oc1ccccc1Cl.[Ca+2]. The summed E-state index contributed by atoms with van der Waals surface area (Å²) in [6.07, 6.45) is 0. The predicted molar refractivity (Wildman–Crippen MR) is 85.0 cm³/mol. The van der Waals surface area contributed by atoms with Crippen LogP contribution in [-0.2, 0) is 9.13 Å². The van der Waals surface area contributed by atoms with Crippen LogP contribution in [0.15, 0.2) is 54.6 Å². The first-order chi connectivity index (χ1) is 10.3. The van der Waals surface area contributed by atoms with Gasteiger partial charge in [-0.25, -0.2) is 4.57 Å². The second-order valence-corrected chi connectivity index (χ2v) is 8.64. The van der Waals surface area contributed by atoms with Crippen molar-refractivity contribution >= 4 is 64.5 Å². The van der Waals surface area contributed by atoms with E-state index in [2.05, 4.69) is 0 Å². The molecule has 10 heteroatoms. The normalized spacial score (nSPS) is 13.5. The molecule has 2 aromatic rings. The van der Waals surface area contributed by atoms with E-state index in [1.807, 2.05) is 0 Å². The third kappa shape index (κ3) is 7.16. The molecule has 0 spiro atoms. The Bertz CT molecular complexity index is 736. The standard InChI is InChI=1S/C13H13ClO6P2.Ca/c14-12-8-4-5-9-13(12)20-22(18,10-21(15,16)17)19-11-6-2-1-3-7-11;/h1-9H,10H2,(H2,15,16,17);/q;+2/p-2. The average Bonchev–Trinajstić information content (AvgIpc) is 2.40. The molecule has 0 aliphatic heterocycles. The number of halogens is 1. The van der Waals surface area contributed by atoms with Crippen LogP contribution in [0.1, 0.15) is 0 Å². The van der Waals surface area contributed by atoms with E-state index in [1.165, 1.54) is 24.3 Å². The predicted octanol–water partition coefficient (Wildman–Crippen LogP) is 2.48. The summed E-state index contributed by atoms with van der Waals surface area (Å²) in [6, 6.07) is 13.9. The molecule has 0 bridgehead atoms. The number of para-hydroxylation sites is 2. The van der Waals surface area contributed by atoms with Crippen LogP contribution in [0.4, 0.5) is 0 Å². The van der Waals surface area contributed by atoms with Gasteiger partial charge in [-0.1, -0.05) is 49.5 Å². The van der Waals surface area contributed by atoms with Gasteiger partial charge in [0.05, 0.1) is 5.02 Å². The van der Waals surface area contributed by atoms with Crippen LogP contribution in [0.5, 0.6) is 11.5 Å². The van der Waals surface area contributed by atoms with Crippen molar-refractivity contribution in [3.63, 3.8) is 0 Å². The van der Waals surface area contributed by atoms with Gasteiger partial charge in [0.25, 0.3) is 0 Å². The first-order valence-corrected chi connectivity index (χ1v) is 9.90. The molecule has 2 aromatic carbocycles. The van der Waals surface area contributed by atoms with Crippen LogP contribution in [-0.4, -0.2) is 43.6 Å². The Labute approximate surface area is 168 Å². The minimum atomic E-state index is -5.13. The average molecular weight is 401 g/mol. The molecule has 0 N–H and O–H groups in total. The van der Waals surface area contributed by atoms with Gasteiger partial charge in [-0.15, -0.1) is 0 Å². The Kier molecular flexibility index (Phi) is 8.12. The zero-order valence-electron chi connectivity index (χ0n) is 11.8. The second-order valence-electron chi connectivity index (χ2n) is 4.29. The molecule has 0 heterocycles. The minimum Gasteiger partial charge on any atom is -0.810 e. The van der Waals surface area contributed by atoms with Gasteiger partial charge in [0.2, 0.25) is 0 Å². The van der Waals surface area contributed by atoms with Crippen LogP contribution in [0.3, 0.4) is 0 Å². The van der Waals surface area contributed by atoms with Gasteiger partial charge < -0.3 is 23.4 Å². The molecule has 23 heavy (non-hydrogen) atoms. The van der Waals surface area contributed by atoms with Crippen molar-refractivity contribution in [3.05, 3.63) is 59.6 Å². The Hall–Kier alpha value is -0.0303. The largest absolute Gasteiger partial charge is 2.00 e. The summed E-state index contributed by atoms with van der Waals surface area (Å²) < 4.78 is 33.9. The molecular formula is C13H11CaClO6P2. The Morgan fingerprint density at radius 3 is 2.04 bits per heavy atom. The van der Waals surface area contributed by atoms with Crippen molar-refractivity contribution in [2.75, 3.05) is 5.90 Å². The third-order valence-electron chi connectivity index (χ3n) is 2.41. The van der Waals surface area contributed by atoms with E-state index >= 15 is 0 Å². The molecule has 0 radical (unpaired) electrons. The minimum absolute atomic E-state index is 0. The summed E-state index contributed by atoms with van der Waals surface area (Å²) in [6.45, 7) is 0. The van der Waals surface area contributed by atoms with E-state index in [0.717, 1.165) is 0 Å². The molecule has 1 atom stereocenters. The third-order valence-corrected chi connectivity index (χ3v) is 6.46. The van der Waals surface area contributed by atoms with Gasteiger partial charge in [0.1, 0.15) is 17.4 Å². The van der Waals surface area contributed by atoms with Crippen molar-refractivity contribution in [1.29, 1.82) is 0 Å². The molecule has 0 saturated carbocycles. The van der Waals surface area contributed by atoms with Gasteiger partial charge in [-0.3, -0.25) is 0 Å². The van der Waals surface area contributed by atoms with Gasteiger partial charge in [0.15, 0.2) is 0 Å². The molecule has 1 unspecified atom stereocenters. The Balaban J connectivity index is 0.00000264. The number of hydrogen-bond acceptors (Lipinski definition) is 6. The van der Waals surface area contributed by atoms with Gasteiger partial charge in [0, 0.05) is 0 Å². The molecule has 0 saturated heterocycles. The first kappa shape index (κ1) is 21.0. The summed E-state index contributed by atoms with van der Waals surface area (Å²) in [4.78, 5) is 22.0. The fourth-order valence-electron chi connectivity index (χ4n) is 1.60. The van der Waals surface area contributed by atoms with Crippen molar-refractivity contribution in [3.8, 4) is 11.5 Å². The van der Waals surface area contributed by atoms with Crippen LogP contribution < -0.4 is 18.8 Å². The maximum atomic E-state index is 12.6. The van der Waals surface area contributed by atoms with Crippen molar-refractivity contribution < 1.29 is 28.0 Å². The topological polar surface area (TPSA) is 98.7 Å². The van der Waals surface area contributed by atoms with E-state index < -0.39 is 21.1 Å². The fraction of sp³-hybridized carbons (Fsp3) is 0.0769. The van der Waals surface area contributed by atoms with Crippen LogP contribution >= 0.6 is 26.8 Å². The van der Waals surface area contributed by atoms with Crippen molar-refractivity contribution in [1.82, 2.24) is 0 Å². The van der Waals surface area contributed by atoms with E-state index in [4.69, 9.17) is 20.6 Å². The van der Waals surface area contributed by atoms with E-state index in [0.29, 0.717) is 0 Å². The Morgan fingerprint density at radius 2 is 1.48 bits per heavy atom. The zero-order chi connectivity index (χ0) is 16.2. The summed E-state index contributed by atoms with van der Waals surface area (Å²) in [5, 5.41) is 0.117. The van der Waals surface area contributed by atoms with Crippen LogP contribution in [0.2, 0.25) is 5.02 Å². The van der Waals surface area contributed by atoms with Gasteiger partial charge >= 0.3 is 45.3 Å². The molecule has 0 aliphatic rings. The van der Waals surface area contributed by atoms with Crippen molar-refractivity contribution in [2.45, 2.75) is 0 Å². The molecule has 2 rings (SSSR count). The van der Waals surface area contributed by atoms with Crippen molar-refractivity contribution in [2.24, 2.45) is 0 Å². The monoisotopic (exact) mass is 400 g/mol. The smallest absolute Gasteiger partial charge is 0.810 e. The first-order valence-electron chi connectivity index (χ1n) is 6.06. The zero-order valence-corrected chi connectivity index (χ0v) is 16.6. The van der Waals surface area contributed by atoms with Crippen LogP contribution in [0.25, 0.3) is 0 Å². The molecule has 0 aliphatic carbocycles. The molecule has 0 aromatic heterocycles. The quantitative estimate of drug-likeness (QED) is 0.545. The molecule has 6 nitrogen and oxygen atoms in total. The van der Waals surface area contributed by atoms with E-state index in [-0.39, 0.29) is 54.3 Å². The van der Waals surface area contributed by atoms with Crippen LogP contribution in [0, 0.1) is 0 Å². The maximum absolute atomic E-state index is 12.6. The van der Waals surface area contributed by atoms with Gasteiger partial charge in [-0.05, 0) is 24.3 Å². The van der Waals surface area contributed by atoms with E-state index in [1.54, 1.807) is 30.3 Å². The summed E-state index contributed by atoms with van der Waals surface area (Å²) in [7, 11) is -9.42. The molecular weight excluding hydrogens is 390 g/mol. The molecule has 0 amide bonds. The second kappa shape index (κ2) is 8.89. The number of rotatable bonds is 6. The van der Waals surface area contributed by atoms with E-state index in [9.17, 15) is 18.9 Å². The summed E-state index contributed by atoms with van der Waals surface area (Å²) in [5.74, 6) is -1.19. The summed E-state index contributed by atoms with van der Waals surface area (Å²) >= 11 is 5.88. The number of benzene rings is 2. The maximum Gasteiger partial charge on any atom is 2.00 e. The molecule has 118 valence electrons. The fourth-order valence-corrected chi connectivity index (χ4v) is 4.93.